The van der Waals surface area contributed by atoms with E-state index in [0.29, 0.717) is 25.1 Å². The Bertz CT molecular complexity index is 611. The highest BCUT2D eigenvalue weighted by Crippen LogP contribution is 2.05. The van der Waals surface area contributed by atoms with E-state index in [1.807, 2.05) is 48.5 Å². The van der Waals surface area contributed by atoms with Crippen LogP contribution in [0.15, 0.2) is 60.7 Å². The molecule has 0 aliphatic rings. The summed E-state index contributed by atoms with van der Waals surface area (Å²) in [6, 6.07) is 18.9. The van der Waals surface area contributed by atoms with E-state index >= 15 is 0 Å². The molecule has 0 heterocycles. The van der Waals surface area contributed by atoms with Gasteiger partial charge in [0, 0.05) is 25.1 Å². The average Bonchev–Trinajstić information content (AvgIpc) is 2.54. The molecule has 0 saturated carbocycles. The number of hydrazine groups is 1. The first-order valence-electron chi connectivity index (χ1n) is 7.29. The van der Waals surface area contributed by atoms with Crippen LogP contribution < -0.4 is 5.43 Å². The number of nitrogens with zero attached hydrogens (tertiary/aromatic N) is 1. The van der Waals surface area contributed by atoms with Gasteiger partial charge in [0.05, 0.1) is 0 Å². The molecule has 0 saturated heterocycles. The maximum Gasteiger partial charge on any atom is 0.265 e. The molecule has 0 aliphatic carbocycles. The molecule has 0 unspecified atom stereocenters. The van der Waals surface area contributed by atoms with Crippen molar-refractivity contribution in [1.82, 2.24) is 10.4 Å². The molecule has 114 valence electrons. The van der Waals surface area contributed by atoms with Crippen molar-refractivity contribution in [2.24, 2.45) is 0 Å². The Hall–Kier alpha value is -2.46. The van der Waals surface area contributed by atoms with Gasteiger partial charge in [0.1, 0.15) is 5.78 Å². The molecular formula is C18H20N2O2. The van der Waals surface area contributed by atoms with Gasteiger partial charge in [-0.1, -0.05) is 48.5 Å². The standard InChI is InChI=1S/C18H20N2O2/c1-15(21)12-13-20(14-16-8-4-2-5-9-16)19-18(22)17-10-6-3-7-11-17/h2-11H,12-14H2,1H3,(H,19,22). The van der Waals surface area contributed by atoms with Gasteiger partial charge in [-0.25, -0.2) is 5.01 Å². The van der Waals surface area contributed by atoms with Crippen molar-refractivity contribution in [3.63, 3.8) is 0 Å². The van der Waals surface area contributed by atoms with Crippen LogP contribution in [0.1, 0.15) is 29.3 Å². The predicted molar refractivity (Wildman–Crippen MR) is 86.1 cm³/mol. The number of rotatable bonds is 7. The van der Waals surface area contributed by atoms with Crippen molar-refractivity contribution >= 4 is 11.7 Å². The van der Waals surface area contributed by atoms with Crippen LogP contribution >= 0.6 is 0 Å². The van der Waals surface area contributed by atoms with E-state index in [1.54, 1.807) is 24.1 Å². The molecule has 22 heavy (non-hydrogen) atoms. The molecule has 4 heteroatoms. The van der Waals surface area contributed by atoms with Gasteiger partial charge in [-0.3, -0.25) is 15.0 Å². The summed E-state index contributed by atoms with van der Waals surface area (Å²) in [6.07, 6.45) is 0.405. The van der Waals surface area contributed by atoms with Crippen molar-refractivity contribution < 1.29 is 9.59 Å². The van der Waals surface area contributed by atoms with Crippen LogP contribution in [0.2, 0.25) is 0 Å². The fourth-order valence-electron chi connectivity index (χ4n) is 2.07. The fourth-order valence-corrected chi connectivity index (χ4v) is 2.07. The third-order valence-electron chi connectivity index (χ3n) is 3.25. The summed E-state index contributed by atoms with van der Waals surface area (Å²) < 4.78 is 0. The third-order valence-corrected chi connectivity index (χ3v) is 3.25. The van der Waals surface area contributed by atoms with E-state index in [2.05, 4.69) is 5.43 Å². The Balaban J connectivity index is 2.03. The highest BCUT2D eigenvalue weighted by atomic mass is 16.2. The Kier molecular flexibility index (Phi) is 5.86. The van der Waals surface area contributed by atoms with E-state index < -0.39 is 0 Å². The average molecular weight is 296 g/mol. The molecule has 0 aromatic heterocycles. The van der Waals surface area contributed by atoms with Crippen molar-refractivity contribution in [3.8, 4) is 0 Å². The summed E-state index contributed by atoms with van der Waals surface area (Å²) in [6.45, 7) is 2.61. The summed E-state index contributed by atoms with van der Waals surface area (Å²) in [5.74, 6) is -0.0629. The maximum atomic E-state index is 12.3. The summed E-state index contributed by atoms with van der Waals surface area (Å²) in [5.41, 5.74) is 4.56. The van der Waals surface area contributed by atoms with E-state index in [-0.39, 0.29) is 11.7 Å². The quantitative estimate of drug-likeness (QED) is 0.799. The second-order valence-corrected chi connectivity index (χ2v) is 5.17. The van der Waals surface area contributed by atoms with Crippen molar-refractivity contribution in [1.29, 1.82) is 0 Å². The number of nitrogens with one attached hydrogen (secondary N) is 1. The molecule has 2 aromatic rings. The van der Waals surface area contributed by atoms with Gasteiger partial charge >= 0.3 is 0 Å². The van der Waals surface area contributed by atoms with Gasteiger partial charge in [0.15, 0.2) is 0 Å². The number of amides is 1. The fraction of sp³-hybridized carbons (Fsp3) is 0.222. The molecule has 1 amide bonds. The van der Waals surface area contributed by atoms with Crippen LogP contribution in [0, 0.1) is 0 Å². The monoisotopic (exact) mass is 296 g/mol. The van der Waals surface area contributed by atoms with E-state index in [4.69, 9.17) is 0 Å². The van der Waals surface area contributed by atoms with Gasteiger partial charge in [0.25, 0.3) is 5.91 Å². The first-order chi connectivity index (χ1) is 10.6. The van der Waals surface area contributed by atoms with E-state index in [1.165, 1.54) is 0 Å². The van der Waals surface area contributed by atoms with Crippen molar-refractivity contribution in [3.05, 3.63) is 71.8 Å². The number of ketones is 1. The minimum absolute atomic E-state index is 0.104. The van der Waals surface area contributed by atoms with Crippen LogP contribution in [0.25, 0.3) is 0 Å². The van der Waals surface area contributed by atoms with E-state index in [9.17, 15) is 9.59 Å². The number of benzene rings is 2. The molecule has 0 radical (unpaired) electrons. The van der Waals surface area contributed by atoms with Gasteiger partial charge in [-0.15, -0.1) is 0 Å². The summed E-state index contributed by atoms with van der Waals surface area (Å²) in [7, 11) is 0. The number of hydrogen-bond acceptors (Lipinski definition) is 3. The van der Waals surface area contributed by atoms with Crippen LogP contribution in [-0.4, -0.2) is 23.2 Å². The van der Waals surface area contributed by atoms with Crippen molar-refractivity contribution in [2.45, 2.75) is 19.9 Å². The third kappa shape index (κ3) is 5.14. The van der Waals surface area contributed by atoms with Gasteiger partial charge < -0.3 is 0 Å². The molecule has 4 nitrogen and oxygen atoms in total. The molecule has 0 atom stereocenters. The minimum atomic E-state index is -0.167. The molecule has 0 spiro atoms. The lowest BCUT2D eigenvalue weighted by Crippen LogP contribution is -2.42. The highest BCUT2D eigenvalue weighted by Gasteiger charge is 2.12. The SMILES string of the molecule is CC(=O)CCN(Cc1ccccc1)NC(=O)c1ccccc1. The zero-order valence-electron chi connectivity index (χ0n) is 12.7. The number of hydrogen-bond donors (Lipinski definition) is 1. The lowest BCUT2D eigenvalue weighted by Gasteiger charge is -2.23. The molecule has 0 bridgehead atoms. The zero-order chi connectivity index (χ0) is 15.8. The Morgan fingerprint density at radius 3 is 2.14 bits per heavy atom. The number of carbonyl (C=O) groups is 2. The van der Waals surface area contributed by atoms with Gasteiger partial charge in [-0.05, 0) is 24.6 Å². The van der Waals surface area contributed by atoms with Gasteiger partial charge in [0.2, 0.25) is 0 Å². The minimum Gasteiger partial charge on any atom is -0.300 e. The van der Waals surface area contributed by atoms with Crippen LogP contribution in [-0.2, 0) is 11.3 Å². The largest absolute Gasteiger partial charge is 0.300 e. The lowest BCUT2D eigenvalue weighted by atomic mass is 10.2. The van der Waals surface area contributed by atoms with Gasteiger partial charge in [-0.2, -0.15) is 0 Å². The Morgan fingerprint density at radius 2 is 1.55 bits per heavy atom. The number of carbonyl (C=O) groups excluding carboxylic acids is 2. The lowest BCUT2D eigenvalue weighted by molar-refractivity contribution is -0.117. The smallest absolute Gasteiger partial charge is 0.265 e. The topological polar surface area (TPSA) is 49.4 Å². The summed E-state index contributed by atoms with van der Waals surface area (Å²) >= 11 is 0. The van der Waals surface area contributed by atoms with Crippen LogP contribution in [0.3, 0.4) is 0 Å². The summed E-state index contributed by atoms with van der Waals surface area (Å²) in [5, 5.41) is 1.78. The molecule has 2 rings (SSSR count). The molecule has 2 aromatic carbocycles. The zero-order valence-corrected chi connectivity index (χ0v) is 12.7. The highest BCUT2D eigenvalue weighted by molar-refractivity contribution is 5.93. The molecular weight excluding hydrogens is 276 g/mol. The Morgan fingerprint density at radius 1 is 0.955 bits per heavy atom. The van der Waals surface area contributed by atoms with Crippen LogP contribution in [0.4, 0.5) is 0 Å². The summed E-state index contributed by atoms with van der Waals surface area (Å²) in [4.78, 5) is 23.5. The Labute approximate surface area is 130 Å². The molecule has 1 N–H and O–H groups in total. The van der Waals surface area contributed by atoms with Crippen LogP contribution in [0.5, 0.6) is 0 Å². The second-order valence-electron chi connectivity index (χ2n) is 5.17. The predicted octanol–water partition coefficient (Wildman–Crippen LogP) is 2.81. The normalized spacial score (nSPS) is 10.5. The second kappa shape index (κ2) is 8.10. The first kappa shape index (κ1) is 15.9. The first-order valence-corrected chi connectivity index (χ1v) is 7.29. The van der Waals surface area contributed by atoms with E-state index in [0.717, 1.165) is 5.56 Å². The molecule has 0 aliphatic heterocycles. The maximum absolute atomic E-state index is 12.3. The van der Waals surface area contributed by atoms with Crippen molar-refractivity contribution in [2.75, 3.05) is 6.54 Å². The molecule has 0 fully saturated rings. The number of Topliss-reactive ketones (excluding diaryl/α,β-unsaturated/α-hetero) is 1.